The summed E-state index contributed by atoms with van der Waals surface area (Å²) in [5.41, 5.74) is 2.87. The van der Waals surface area contributed by atoms with Gasteiger partial charge in [-0.3, -0.25) is 0 Å². The fraction of sp³-hybridized carbons (Fsp3) is 0.333. The number of benzene rings is 2. The largest absolute Gasteiger partial charge is 0.395 e. The zero-order valence-electron chi connectivity index (χ0n) is 11.8. The molecule has 1 nitrogen and oxygen atoms in total. The van der Waals surface area contributed by atoms with E-state index < -0.39 is 0 Å². The first-order valence-electron chi connectivity index (χ1n) is 7.28. The zero-order valence-corrected chi connectivity index (χ0v) is 12.5. The minimum Gasteiger partial charge on any atom is -0.395 e. The first-order valence-corrected chi connectivity index (χ1v) is 7.66. The van der Waals surface area contributed by atoms with Crippen LogP contribution in [0.25, 0.3) is 0 Å². The summed E-state index contributed by atoms with van der Waals surface area (Å²) in [6, 6.07) is 12.7. The van der Waals surface area contributed by atoms with E-state index >= 15 is 0 Å². The van der Waals surface area contributed by atoms with E-state index in [-0.39, 0.29) is 17.8 Å². The van der Waals surface area contributed by atoms with Crippen LogP contribution < -0.4 is 0 Å². The third-order valence-corrected chi connectivity index (χ3v) is 4.90. The first kappa shape index (κ1) is 14.6. The number of hydrogen-bond acceptors (Lipinski definition) is 1. The quantitative estimate of drug-likeness (QED) is 0.897. The Balaban J connectivity index is 2.04. The van der Waals surface area contributed by atoms with Crippen molar-refractivity contribution >= 4 is 11.6 Å². The molecule has 0 amide bonds. The van der Waals surface area contributed by atoms with Crippen LogP contribution in [0.1, 0.15) is 29.5 Å². The summed E-state index contributed by atoms with van der Waals surface area (Å²) in [5.74, 6) is -0.286. The maximum Gasteiger partial charge on any atom is 0.123 e. The van der Waals surface area contributed by atoms with E-state index in [9.17, 15) is 9.50 Å². The molecule has 0 aliphatic heterocycles. The van der Waals surface area contributed by atoms with Gasteiger partial charge in [0.05, 0.1) is 6.61 Å². The van der Waals surface area contributed by atoms with Gasteiger partial charge in [-0.1, -0.05) is 35.9 Å². The molecule has 0 heterocycles. The molecule has 0 fully saturated rings. The minimum atomic E-state index is -0.355. The van der Waals surface area contributed by atoms with Crippen LogP contribution in [0.4, 0.5) is 4.39 Å². The summed E-state index contributed by atoms with van der Waals surface area (Å²) < 4.78 is 13.5. The molecular weight excluding hydrogens is 287 g/mol. The summed E-state index contributed by atoms with van der Waals surface area (Å²) in [6.07, 6.45) is 3.53. The highest BCUT2D eigenvalue weighted by Gasteiger charge is 2.36. The fourth-order valence-corrected chi connectivity index (χ4v) is 3.64. The molecule has 1 aliphatic rings. The third-order valence-electron chi connectivity index (χ3n) is 4.53. The van der Waals surface area contributed by atoms with Crippen LogP contribution in [-0.4, -0.2) is 11.7 Å². The van der Waals surface area contributed by atoms with Crippen molar-refractivity contribution in [2.75, 3.05) is 6.61 Å². The number of rotatable bonds is 3. The Morgan fingerprint density at radius 3 is 2.81 bits per heavy atom. The van der Waals surface area contributed by atoms with Gasteiger partial charge in [-0.25, -0.2) is 4.39 Å². The van der Waals surface area contributed by atoms with Crippen molar-refractivity contribution in [3.63, 3.8) is 0 Å². The van der Waals surface area contributed by atoms with Crippen molar-refractivity contribution in [3.05, 3.63) is 70.0 Å². The molecule has 1 N–H and O–H groups in total. The highest BCUT2D eigenvalue weighted by Crippen LogP contribution is 2.40. The summed E-state index contributed by atoms with van der Waals surface area (Å²) in [5, 5.41) is 10.6. The van der Waals surface area contributed by atoms with Crippen LogP contribution in [0.15, 0.2) is 42.5 Å². The molecule has 1 aliphatic carbocycles. The summed E-state index contributed by atoms with van der Waals surface area (Å²) in [6.45, 7) is 0.0524. The van der Waals surface area contributed by atoms with E-state index in [1.807, 2.05) is 12.1 Å². The maximum absolute atomic E-state index is 13.5. The number of aliphatic hydroxyl groups is 1. The van der Waals surface area contributed by atoms with Crippen LogP contribution in [0.5, 0.6) is 0 Å². The van der Waals surface area contributed by atoms with Crippen molar-refractivity contribution in [1.29, 1.82) is 0 Å². The average Bonchev–Trinajstić information content (AvgIpc) is 2.51. The highest BCUT2D eigenvalue weighted by molar-refractivity contribution is 6.31. The Kier molecular flexibility index (Phi) is 4.01. The minimum absolute atomic E-state index is 0.0524. The normalized spacial score (nSPS) is 21.1. The van der Waals surface area contributed by atoms with Gasteiger partial charge in [-0.2, -0.15) is 0 Å². The second-order valence-electron chi connectivity index (χ2n) is 5.86. The number of hydrogen-bond donors (Lipinski definition) is 1. The highest BCUT2D eigenvalue weighted by atomic mass is 35.5. The van der Waals surface area contributed by atoms with Gasteiger partial charge in [-0.15, -0.1) is 0 Å². The van der Waals surface area contributed by atoms with Crippen LogP contribution >= 0.6 is 11.6 Å². The molecule has 1 unspecified atom stereocenters. The SMILES string of the molecule is OCC1(Cc2cc(F)ccc2Cl)CCCc2ccccc21. The fourth-order valence-electron chi connectivity index (χ4n) is 3.45. The number of halogens is 2. The lowest BCUT2D eigenvalue weighted by molar-refractivity contribution is 0.173. The van der Waals surface area contributed by atoms with Gasteiger partial charge >= 0.3 is 0 Å². The van der Waals surface area contributed by atoms with Crippen molar-refractivity contribution in [3.8, 4) is 0 Å². The molecule has 2 aromatic carbocycles. The predicted octanol–water partition coefficient (Wildman–Crippen LogP) is 4.29. The number of aliphatic hydroxyl groups excluding tert-OH is 1. The van der Waals surface area contributed by atoms with E-state index in [1.54, 1.807) is 6.07 Å². The topological polar surface area (TPSA) is 20.2 Å². The molecule has 1 atom stereocenters. The lowest BCUT2D eigenvalue weighted by Crippen LogP contribution is -2.37. The zero-order chi connectivity index (χ0) is 14.9. The molecule has 0 spiro atoms. The molecule has 3 heteroatoms. The van der Waals surface area contributed by atoms with Crippen LogP contribution in [0, 0.1) is 5.82 Å². The van der Waals surface area contributed by atoms with Gasteiger partial charge < -0.3 is 5.11 Å². The van der Waals surface area contributed by atoms with E-state index in [0.29, 0.717) is 11.4 Å². The number of aryl methyl sites for hydroxylation is 1. The molecule has 21 heavy (non-hydrogen) atoms. The second-order valence-corrected chi connectivity index (χ2v) is 6.27. The lowest BCUT2D eigenvalue weighted by atomic mass is 9.67. The molecule has 0 radical (unpaired) electrons. The summed E-state index contributed by atoms with van der Waals surface area (Å²) in [4.78, 5) is 0. The lowest BCUT2D eigenvalue weighted by Gasteiger charge is -2.38. The molecule has 0 aromatic heterocycles. The standard InChI is InChI=1S/C18H18ClFO/c19-17-8-7-15(20)10-14(17)11-18(12-21)9-3-5-13-4-1-2-6-16(13)18/h1-2,4,6-8,10,21H,3,5,9,11-12H2. The van der Waals surface area contributed by atoms with E-state index in [2.05, 4.69) is 12.1 Å². The predicted molar refractivity (Wildman–Crippen MR) is 83.3 cm³/mol. The van der Waals surface area contributed by atoms with Gasteiger partial charge in [0.25, 0.3) is 0 Å². The molecule has 3 rings (SSSR count). The Hall–Kier alpha value is -1.38. The summed E-state index contributed by atoms with van der Waals surface area (Å²) in [7, 11) is 0. The van der Waals surface area contributed by atoms with Gasteiger partial charge in [0.1, 0.15) is 5.82 Å². The van der Waals surface area contributed by atoms with Crippen LogP contribution in [-0.2, 0) is 18.3 Å². The number of fused-ring (bicyclic) bond motifs is 1. The van der Waals surface area contributed by atoms with E-state index in [1.165, 1.54) is 23.3 Å². The molecular formula is C18H18ClFO. The second kappa shape index (κ2) is 5.78. The van der Waals surface area contributed by atoms with Gasteiger partial charge in [0, 0.05) is 10.4 Å². The molecule has 0 saturated heterocycles. The van der Waals surface area contributed by atoms with Crippen LogP contribution in [0.3, 0.4) is 0 Å². The Labute approximate surface area is 129 Å². The molecule has 2 aromatic rings. The molecule has 0 saturated carbocycles. The van der Waals surface area contributed by atoms with Gasteiger partial charge in [0.15, 0.2) is 0 Å². The molecule has 110 valence electrons. The first-order chi connectivity index (χ1) is 10.1. The Bertz CT molecular complexity index is 655. The Morgan fingerprint density at radius 2 is 2.00 bits per heavy atom. The summed E-state index contributed by atoms with van der Waals surface area (Å²) >= 11 is 6.21. The monoisotopic (exact) mass is 304 g/mol. The average molecular weight is 305 g/mol. The van der Waals surface area contributed by atoms with Gasteiger partial charge in [-0.05, 0) is 60.6 Å². The van der Waals surface area contributed by atoms with E-state index in [0.717, 1.165) is 24.8 Å². The molecule has 0 bridgehead atoms. The van der Waals surface area contributed by atoms with Crippen molar-refractivity contribution < 1.29 is 9.50 Å². The van der Waals surface area contributed by atoms with E-state index in [4.69, 9.17) is 11.6 Å². The van der Waals surface area contributed by atoms with Crippen LogP contribution in [0.2, 0.25) is 5.02 Å². The third kappa shape index (κ3) is 2.70. The maximum atomic E-state index is 13.5. The van der Waals surface area contributed by atoms with Gasteiger partial charge in [0.2, 0.25) is 0 Å². The van der Waals surface area contributed by atoms with Crippen molar-refractivity contribution in [1.82, 2.24) is 0 Å². The van der Waals surface area contributed by atoms with Crippen molar-refractivity contribution in [2.24, 2.45) is 0 Å². The Morgan fingerprint density at radius 1 is 1.19 bits per heavy atom. The van der Waals surface area contributed by atoms with Crippen molar-refractivity contribution in [2.45, 2.75) is 31.1 Å². The smallest absolute Gasteiger partial charge is 0.123 e.